The van der Waals surface area contributed by atoms with Crippen molar-refractivity contribution in [3.05, 3.63) is 23.8 Å². The number of piperidine rings is 1. The van der Waals surface area contributed by atoms with Crippen LogP contribution in [0.4, 0.5) is 11.4 Å². The van der Waals surface area contributed by atoms with Gasteiger partial charge in [0.2, 0.25) is 5.91 Å². The molecule has 1 saturated heterocycles. The van der Waals surface area contributed by atoms with Crippen LogP contribution in [-0.2, 0) is 9.53 Å². The molecule has 1 N–H and O–H groups in total. The highest BCUT2D eigenvalue weighted by molar-refractivity contribution is 6.07. The van der Waals surface area contributed by atoms with E-state index in [1.807, 2.05) is 12.1 Å². The van der Waals surface area contributed by atoms with Crippen molar-refractivity contribution in [2.45, 2.75) is 25.3 Å². The first-order chi connectivity index (χ1) is 11.1. The number of benzene rings is 1. The van der Waals surface area contributed by atoms with Crippen molar-refractivity contribution < 1.29 is 14.3 Å². The average Bonchev–Trinajstić information content (AvgIpc) is 2.59. The molecule has 1 unspecified atom stereocenters. The smallest absolute Gasteiger partial charge is 0.251 e. The van der Waals surface area contributed by atoms with Gasteiger partial charge in [0.1, 0.15) is 6.04 Å². The first-order valence-corrected chi connectivity index (χ1v) is 8.09. The molecule has 0 spiro atoms. The second-order valence-electron chi connectivity index (χ2n) is 6.05. The number of ether oxygens (including phenoxy) is 1. The SMILES string of the molecule is COCCNC(=O)c1ccc2c(c1)N(C)C(=O)C1CCCCN21. The Morgan fingerprint density at radius 3 is 2.96 bits per heavy atom. The average molecular weight is 317 g/mol. The van der Waals surface area contributed by atoms with Gasteiger partial charge in [-0.15, -0.1) is 0 Å². The van der Waals surface area contributed by atoms with E-state index in [-0.39, 0.29) is 17.9 Å². The van der Waals surface area contributed by atoms with Gasteiger partial charge in [0, 0.05) is 32.8 Å². The fourth-order valence-corrected chi connectivity index (χ4v) is 3.36. The van der Waals surface area contributed by atoms with Gasteiger partial charge in [-0.1, -0.05) is 0 Å². The molecule has 6 heteroatoms. The van der Waals surface area contributed by atoms with E-state index in [4.69, 9.17) is 4.74 Å². The standard InChI is InChI=1S/C17H23N3O3/c1-19-15-11-12(16(21)18-8-10-23-2)6-7-13(15)20-9-4-3-5-14(20)17(19)22/h6-7,11,14H,3-5,8-10H2,1-2H3,(H,18,21). The predicted molar refractivity (Wildman–Crippen MR) is 89.0 cm³/mol. The third kappa shape index (κ3) is 2.91. The number of nitrogens with zero attached hydrogens (tertiary/aromatic N) is 2. The molecule has 1 atom stereocenters. The van der Waals surface area contributed by atoms with Crippen LogP contribution in [0, 0.1) is 0 Å². The molecule has 2 heterocycles. The Bertz CT molecular complexity index is 617. The second kappa shape index (κ2) is 6.58. The largest absolute Gasteiger partial charge is 0.383 e. The molecule has 1 aromatic rings. The summed E-state index contributed by atoms with van der Waals surface area (Å²) in [4.78, 5) is 28.7. The number of anilines is 2. The summed E-state index contributed by atoms with van der Waals surface area (Å²) >= 11 is 0. The summed E-state index contributed by atoms with van der Waals surface area (Å²) in [7, 11) is 3.39. The lowest BCUT2D eigenvalue weighted by Gasteiger charge is -2.44. The van der Waals surface area contributed by atoms with Crippen molar-refractivity contribution in [1.29, 1.82) is 0 Å². The summed E-state index contributed by atoms with van der Waals surface area (Å²) < 4.78 is 4.93. The van der Waals surface area contributed by atoms with E-state index in [1.165, 1.54) is 0 Å². The van der Waals surface area contributed by atoms with E-state index in [0.717, 1.165) is 37.2 Å². The third-order valence-electron chi connectivity index (χ3n) is 4.62. The Labute approximate surface area is 136 Å². The molecule has 1 fully saturated rings. The third-order valence-corrected chi connectivity index (χ3v) is 4.62. The van der Waals surface area contributed by atoms with Crippen LogP contribution in [0.1, 0.15) is 29.6 Å². The minimum atomic E-state index is -0.147. The highest BCUT2D eigenvalue weighted by Gasteiger charge is 2.37. The first kappa shape index (κ1) is 15.8. The van der Waals surface area contributed by atoms with Crippen LogP contribution >= 0.6 is 0 Å². The topological polar surface area (TPSA) is 61.9 Å². The summed E-state index contributed by atoms with van der Waals surface area (Å²) in [5, 5.41) is 2.81. The van der Waals surface area contributed by atoms with Gasteiger partial charge < -0.3 is 19.9 Å². The zero-order valence-electron chi connectivity index (χ0n) is 13.7. The zero-order chi connectivity index (χ0) is 16.4. The zero-order valence-corrected chi connectivity index (χ0v) is 13.7. The predicted octanol–water partition coefficient (Wildman–Crippen LogP) is 1.40. The van der Waals surface area contributed by atoms with Gasteiger partial charge in [-0.05, 0) is 37.5 Å². The van der Waals surface area contributed by atoms with Crippen molar-refractivity contribution in [2.24, 2.45) is 0 Å². The minimum Gasteiger partial charge on any atom is -0.383 e. The summed E-state index contributed by atoms with van der Waals surface area (Å²) in [6.07, 6.45) is 3.10. The van der Waals surface area contributed by atoms with Crippen molar-refractivity contribution in [3.8, 4) is 0 Å². The van der Waals surface area contributed by atoms with Crippen LogP contribution in [0.3, 0.4) is 0 Å². The number of rotatable bonds is 4. The molecule has 2 amide bonds. The molecule has 2 aliphatic rings. The number of carbonyl (C=O) groups is 2. The maximum absolute atomic E-state index is 12.6. The lowest BCUT2D eigenvalue weighted by molar-refractivity contribution is -0.120. The molecule has 3 rings (SSSR count). The van der Waals surface area contributed by atoms with Gasteiger partial charge in [-0.3, -0.25) is 9.59 Å². The number of nitrogens with one attached hydrogen (secondary N) is 1. The molecule has 0 aliphatic carbocycles. The second-order valence-corrected chi connectivity index (χ2v) is 6.05. The Kier molecular flexibility index (Phi) is 4.52. The molecule has 0 bridgehead atoms. The molecule has 1 aromatic carbocycles. The number of hydrogen-bond donors (Lipinski definition) is 1. The number of methoxy groups -OCH3 is 1. The first-order valence-electron chi connectivity index (χ1n) is 8.09. The molecule has 2 aliphatic heterocycles. The Morgan fingerprint density at radius 1 is 1.35 bits per heavy atom. The van der Waals surface area contributed by atoms with Crippen molar-refractivity contribution in [3.63, 3.8) is 0 Å². The van der Waals surface area contributed by atoms with Crippen molar-refractivity contribution >= 4 is 23.2 Å². The summed E-state index contributed by atoms with van der Waals surface area (Å²) in [6, 6.07) is 5.54. The molecule has 6 nitrogen and oxygen atoms in total. The van der Waals surface area contributed by atoms with E-state index in [2.05, 4.69) is 10.2 Å². The number of carbonyl (C=O) groups excluding carboxylic acids is 2. The normalized spacial score (nSPS) is 20.1. The lowest BCUT2D eigenvalue weighted by Crippen LogP contribution is -2.54. The maximum atomic E-state index is 12.6. The van der Waals surface area contributed by atoms with E-state index in [9.17, 15) is 9.59 Å². The number of fused-ring (bicyclic) bond motifs is 3. The van der Waals surface area contributed by atoms with Gasteiger partial charge in [-0.2, -0.15) is 0 Å². The fourth-order valence-electron chi connectivity index (χ4n) is 3.36. The number of hydrogen-bond acceptors (Lipinski definition) is 4. The van der Waals surface area contributed by atoms with Crippen LogP contribution in [0.5, 0.6) is 0 Å². The summed E-state index contributed by atoms with van der Waals surface area (Å²) in [6.45, 7) is 1.84. The van der Waals surface area contributed by atoms with Gasteiger partial charge in [0.25, 0.3) is 5.91 Å². The molecule has 124 valence electrons. The molecule has 0 aromatic heterocycles. The lowest BCUT2D eigenvalue weighted by atomic mass is 9.96. The summed E-state index contributed by atoms with van der Waals surface area (Å²) in [5.41, 5.74) is 2.42. The molecule has 0 radical (unpaired) electrons. The highest BCUT2D eigenvalue weighted by Crippen LogP contribution is 2.39. The van der Waals surface area contributed by atoms with E-state index in [0.29, 0.717) is 18.7 Å². The molecular weight excluding hydrogens is 294 g/mol. The van der Waals surface area contributed by atoms with Gasteiger partial charge in [0.05, 0.1) is 18.0 Å². The Morgan fingerprint density at radius 2 is 2.17 bits per heavy atom. The maximum Gasteiger partial charge on any atom is 0.251 e. The number of amides is 2. The van der Waals surface area contributed by atoms with E-state index < -0.39 is 0 Å². The Balaban J connectivity index is 1.87. The van der Waals surface area contributed by atoms with Crippen LogP contribution in [0.2, 0.25) is 0 Å². The monoisotopic (exact) mass is 317 g/mol. The fraction of sp³-hybridized carbons (Fsp3) is 0.529. The van der Waals surface area contributed by atoms with Gasteiger partial charge >= 0.3 is 0 Å². The van der Waals surface area contributed by atoms with Crippen molar-refractivity contribution in [2.75, 3.05) is 43.7 Å². The summed E-state index contributed by atoms with van der Waals surface area (Å²) in [5.74, 6) is -0.0272. The van der Waals surface area contributed by atoms with E-state index in [1.54, 1.807) is 25.1 Å². The van der Waals surface area contributed by atoms with E-state index >= 15 is 0 Å². The van der Waals surface area contributed by atoms with Crippen LogP contribution in [0.15, 0.2) is 18.2 Å². The highest BCUT2D eigenvalue weighted by atomic mass is 16.5. The van der Waals surface area contributed by atoms with Gasteiger partial charge in [-0.25, -0.2) is 0 Å². The molecule has 0 saturated carbocycles. The minimum absolute atomic E-state index is 0.0531. The molecule has 23 heavy (non-hydrogen) atoms. The quantitative estimate of drug-likeness (QED) is 0.853. The van der Waals surface area contributed by atoms with Crippen LogP contribution < -0.4 is 15.1 Å². The number of likely N-dealkylation sites (N-methyl/N-ethyl adjacent to an activating group) is 1. The Hall–Kier alpha value is -2.08. The van der Waals surface area contributed by atoms with Crippen LogP contribution in [-0.4, -0.2) is 51.7 Å². The van der Waals surface area contributed by atoms with Crippen molar-refractivity contribution in [1.82, 2.24) is 5.32 Å². The van der Waals surface area contributed by atoms with Gasteiger partial charge in [0.15, 0.2) is 0 Å². The van der Waals surface area contributed by atoms with Crippen LogP contribution in [0.25, 0.3) is 0 Å². The molecular formula is C17H23N3O3.